The third kappa shape index (κ3) is 3.52. The van der Waals surface area contributed by atoms with Crippen LogP contribution in [0.2, 0.25) is 0 Å². The molecule has 2 heterocycles. The average Bonchev–Trinajstić information content (AvgIpc) is 3.21. The minimum Gasteiger partial charge on any atom is -0.463 e. The van der Waals surface area contributed by atoms with Crippen molar-refractivity contribution in [3.8, 4) is 11.5 Å². The van der Waals surface area contributed by atoms with Crippen LogP contribution in [0, 0.1) is 0 Å². The van der Waals surface area contributed by atoms with Crippen LogP contribution in [0.3, 0.4) is 0 Å². The summed E-state index contributed by atoms with van der Waals surface area (Å²) in [5, 5.41) is 3.52. The predicted molar refractivity (Wildman–Crippen MR) is 107 cm³/mol. The maximum absolute atomic E-state index is 12.9. The summed E-state index contributed by atoms with van der Waals surface area (Å²) >= 11 is 0. The highest BCUT2D eigenvalue weighted by Gasteiger charge is 2.15. The molecule has 0 radical (unpaired) electrons. The van der Waals surface area contributed by atoms with E-state index in [1.54, 1.807) is 36.6 Å². The van der Waals surface area contributed by atoms with Gasteiger partial charge in [0.25, 0.3) is 5.91 Å². The number of hydrogen-bond acceptors (Lipinski definition) is 5. The molecule has 4 rings (SSSR count). The SMILES string of the molecule is CS(=O)(=O)c1ccc(NC(=O)c2cc(-c3ccco3)nc3ccccc23)cc1. The van der Waals surface area contributed by atoms with Crippen LogP contribution in [0.4, 0.5) is 5.69 Å². The van der Waals surface area contributed by atoms with E-state index < -0.39 is 9.84 Å². The van der Waals surface area contributed by atoms with Gasteiger partial charge in [0.05, 0.1) is 22.2 Å². The topological polar surface area (TPSA) is 89.3 Å². The molecule has 0 atom stereocenters. The number of carbonyl (C=O) groups is 1. The molecule has 28 heavy (non-hydrogen) atoms. The summed E-state index contributed by atoms with van der Waals surface area (Å²) in [4.78, 5) is 17.7. The van der Waals surface area contributed by atoms with E-state index in [0.29, 0.717) is 33.6 Å². The number of anilines is 1. The summed E-state index contributed by atoms with van der Waals surface area (Å²) in [7, 11) is -3.29. The number of nitrogens with zero attached hydrogens (tertiary/aromatic N) is 1. The van der Waals surface area contributed by atoms with E-state index in [0.717, 1.165) is 6.26 Å². The molecule has 1 amide bonds. The standard InChI is InChI=1S/C21H16N2O4S/c1-28(25,26)15-10-8-14(9-11-15)22-21(24)17-13-19(20-7-4-12-27-20)23-18-6-3-2-5-16(17)18/h2-13H,1H3,(H,22,24). The number of nitrogens with one attached hydrogen (secondary N) is 1. The van der Waals surface area contributed by atoms with Gasteiger partial charge in [-0.2, -0.15) is 0 Å². The lowest BCUT2D eigenvalue weighted by atomic mass is 10.1. The van der Waals surface area contributed by atoms with Gasteiger partial charge in [0, 0.05) is 17.3 Å². The fourth-order valence-corrected chi connectivity index (χ4v) is 3.53. The Morgan fingerprint density at radius 3 is 2.43 bits per heavy atom. The molecule has 0 fully saturated rings. The van der Waals surface area contributed by atoms with E-state index in [-0.39, 0.29) is 10.8 Å². The monoisotopic (exact) mass is 392 g/mol. The zero-order valence-corrected chi connectivity index (χ0v) is 15.7. The average molecular weight is 392 g/mol. The molecule has 7 heteroatoms. The minimum absolute atomic E-state index is 0.194. The predicted octanol–water partition coefficient (Wildman–Crippen LogP) is 4.15. The number of fused-ring (bicyclic) bond motifs is 1. The van der Waals surface area contributed by atoms with Gasteiger partial charge in [0.2, 0.25) is 0 Å². The highest BCUT2D eigenvalue weighted by atomic mass is 32.2. The van der Waals surface area contributed by atoms with Crippen LogP contribution in [-0.4, -0.2) is 25.6 Å². The summed E-state index contributed by atoms with van der Waals surface area (Å²) in [5.74, 6) is 0.246. The van der Waals surface area contributed by atoms with Crippen LogP contribution in [0.1, 0.15) is 10.4 Å². The Balaban J connectivity index is 1.72. The second kappa shape index (κ2) is 6.94. The van der Waals surface area contributed by atoms with Gasteiger partial charge in [-0.25, -0.2) is 13.4 Å². The zero-order valence-electron chi connectivity index (χ0n) is 14.9. The van der Waals surface area contributed by atoms with Gasteiger partial charge >= 0.3 is 0 Å². The molecule has 0 unspecified atom stereocenters. The summed E-state index contributed by atoms with van der Waals surface area (Å²) < 4.78 is 28.6. The van der Waals surface area contributed by atoms with Gasteiger partial charge in [-0.15, -0.1) is 0 Å². The fourth-order valence-electron chi connectivity index (χ4n) is 2.90. The number of amides is 1. The number of sulfone groups is 1. The van der Waals surface area contributed by atoms with Crippen molar-refractivity contribution in [3.63, 3.8) is 0 Å². The molecule has 4 aromatic rings. The van der Waals surface area contributed by atoms with Crippen LogP contribution in [0.5, 0.6) is 0 Å². The lowest BCUT2D eigenvalue weighted by molar-refractivity contribution is 0.102. The first-order chi connectivity index (χ1) is 13.4. The summed E-state index contributed by atoms with van der Waals surface area (Å²) in [6.45, 7) is 0. The third-order valence-electron chi connectivity index (χ3n) is 4.27. The van der Waals surface area contributed by atoms with E-state index in [1.165, 1.54) is 12.1 Å². The molecule has 140 valence electrons. The Bertz CT molecular complexity index is 1260. The molecule has 0 aliphatic heterocycles. The smallest absolute Gasteiger partial charge is 0.256 e. The number of carbonyl (C=O) groups excluding carboxylic acids is 1. The normalized spacial score (nSPS) is 11.5. The van der Waals surface area contributed by atoms with E-state index in [1.807, 2.05) is 24.3 Å². The van der Waals surface area contributed by atoms with Crippen molar-refractivity contribution in [2.75, 3.05) is 11.6 Å². The van der Waals surface area contributed by atoms with Crippen LogP contribution >= 0.6 is 0 Å². The molecule has 6 nitrogen and oxygen atoms in total. The molecule has 0 saturated heterocycles. The Hall–Kier alpha value is -3.45. The number of rotatable bonds is 4. The van der Waals surface area contributed by atoms with Crippen molar-refractivity contribution in [3.05, 3.63) is 78.6 Å². The second-order valence-corrected chi connectivity index (χ2v) is 8.32. The first-order valence-electron chi connectivity index (χ1n) is 8.47. The summed E-state index contributed by atoms with van der Waals surface area (Å²) in [6.07, 6.45) is 2.69. The van der Waals surface area contributed by atoms with Gasteiger partial charge in [-0.1, -0.05) is 18.2 Å². The third-order valence-corrected chi connectivity index (χ3v) is 5.40. The second-order valence-electron chi connectivity index (χ2n) is 6.30. The molecule has 2 aromatic heterocycles. The number of para-hydroxylation sites is 1. The number of furan rings is 1. The molecule has 0 spiro atoms. The Labute approximate surface area is 161 Å². The minimum atomic E-state index is -3.29. The van der Waals surface area contributed by atoms with Crippen molar-refractivity contribution >= 4 is 32.3 Å². The van der Waals surface area contributed by atoms with Crippen LogP contribution < -0.4 is 5.32 Å². The zero-order chi connectivity index (χ0) is 19.7. The van der Waals surface area contributed by atoms with Crippen molar-refractivity contribution in [2.45, 2.75) is 4.90 Å². The van der Waals surface area contributed by atoms with Crippen LogP contribution in [-0.2, 0) is 9.84 Å². The molecular formula is C21H16N2O4S. The van der Waals surface area contributed by atoms with Gasteiger partial charge in [0.1, 0.15) is 5.69 Å². The highest BCUT2D eigenvalue weighted by molar-refractivity contribution is 7.90. The fraction of sp³-hybridized carbons (Fsp3) is 0.0476. The quantitative estimate of drug-likeness (QED) is 0.563. The number of benzene rings is 2. The van der Waals surface area contributed by atoms with Crippen molar-refractivity contribution in [1.82, 2.24) is 4.98 Å². The molecule has 2 aromatic carbocycles. The van der Waals surface area contributed by atoms with Gasteiger partial charge in [-0.3, -0.25) is 4.79 Å². The lowest BCUT2D eigenvalue weighted by Gasteiger charge is -2.10. The highest BCUT2D eigenvalue weighted by Crippen LogP contribution is 2.26. The lowest BCUT2D eigenvalue weighted by Crippen LogP contribution is -2.13. The molecule has 0 saturated carbocycles. The molecule has 0 aliphatic carbocycles. The largest absolute Gasteiger partial charge is 0.463 e. The summed E-state index contributed by atoms with van der Waals surface area (Å²) in [5.41, 5.74) is 2.18. The number of aromatic nitrogens is 1. The number of pyridine rings is 1. The molecular weight excluding hydrogens is 376 g/mol. The number of hydrogen-bond donors (Lipinski definition) is 1. The maximum atomic E-state index is 12.9. The van der Waals surface area contributed by atoms with E-state index >= 15 is 0 Å². The van der Waals surface area contributed by atoms with Gasteiger partial charge < -0.3 is 9.73 Å². The van der Waals surface area contributed by atoms with Gasteiger partial charge in [-0.05, 0) is 48.5 Å². The first-order valence-corrected chi connectivity index (χ1v) is 10.4. The van der Waals surface area contributed by atoms with Crippen molar-refractivity contribution in [2.24, 2.45) is 0 Å². The van der Waals surface area contributed by atoms with E-state index in [9.17, 15) is 13.2 Å². The van der Waals surface area contributed by atoms with Crippen molar-refractivity contribution < 1.29 is 17.6 Å². The summed E-state index contributed by atoms with van der Waals surface area (Å²) in [6, 6.07) is 18.6. The Kier molecular flexibility index (Phi) is 4.44. The maximum Gasteiger partial charge on any atom is 0.256 e. The Morgan fingerprint density at radius 1 is 1.00 bits per heavy atom. The van der Waals surface area contributed by atoms with Crippen LogP contribution in [0.15, 0.2) is 82.3 Å². The van der Waals surface area contributed by atoms with E-state index in [4.69, 9.17) is 4.42 Å². The molecule has 1 N–H and O–H groups in total. The molecule has 0 aliphatic rings. The molecule has 0 bridgehead atoms. The Morgan fingerprint density at radius 2 is 1.75 bits per heavy atom. The first kappa shape index (κ1) is 17.9. The van der Waals surface area contributed by atoms with Gasteiger partial charge in [0.15, 0.2) is 15.6 Å². The van der Waals surface area contributed by atoms with E-state index in [2.05, 4.69) is 10.3 Å². The van der Waals surface area contributed by atoms with Crippen LogP contribution in [0.25, 0.3) is 22.4 Å². The van der Waals surface area contributed by atoms with Crippen molar-refractivity contribution in [1.29, 1.82) is 0 Å².